The van der Waals surface area contributed by atoms with Gasteiger partial charge in [0.15, 0.2) is 0 Å². The zero-order valence-electron chi connectivity index (χ0n) is 72.8. The van der Waals surface area contributed by atoms with Crippen molar-refractivity contribution in [2.45, 2.75) is 0 Å². The molecule has 123 heavy (non-hydrogen) atoms. The van der Waals surface area contributed by atoms with Gasteiger partial charge >= 0.3 is 6.16 Å². The number of nitrogens with zero attached hydrogens (tertiary/aromatic N) is 4. The first kappa shape index (κ1) is 117. The molecule has 0 saturated carbocycles. The van der Waals surface area contributed by atoms with E-state index in [0.29, 0.717) is 462 Å². The molecule has 0 aliphatic carbocycles. The molecule has 724 valence electrons. The van der Waals surface area contributed by atoms with Crippen molar-refractivity contribution >= 4 is 11.8 Å². The molecule has 0 amide bonds. The van der Waals surface area contributed by atoms with E-state index < -0.39 is 11.1 Å². The molecule has 0 aliphatic rings. The number of benzene rings is 1. The van der Waals surface area contributed by atoms with Crippen LogP contribution < -0.4 is 4.74 Å². The maximum Gasteiger partial charge on any atom is 0.513 e. The minimum atomic E-state index is -0.936. The smallest absolute Gasteiger partial charge is 0.432 e. The molecule has 0 N–H and O–H groups in total. The lowest BCUT2D eigenvalue weighted by atomic mass is 10.3. The quantitative estimate of drug-likeness (QED) is 0.0132. The number of hydrogen-bond donors (Lipinski definition) is 0. The van der Waals surface area contributed by atoms with Crippen LogP contribution in [0.1, 0.15) is 0 Å². The minimum absolute atomic E-state index is 0.0208. The maximum atomic E-state index is 11.7. The molecule has 44 nitrogen and oxygen atoms in total. The van der Waals surface area contributed by atoms with Crippen LogP contribution in [0.25, 0.3) is 10.4 Å². The van der Waals surface area contributed by atoms with E-state index in [4.69, 9.17) is 181 Å². The second-order valence-corrected chi connectivity index (χ2v) is 24.3. The Morgan fingerprint density at radius 3 is 0.463 bits per heavy atom. The minimum Gasteiger partial charge on any atom is -0.432 e. The van der Waals surface area contributed by atoms with Crippen molar-refractivity contribution < 1.29 is 185 Å². The molecular weight excluding hydrogens is 1640 g/mol. The van der Waals surface area contributed by atoms with E-state index >= 15 is 0 Å². The Bertz CT molecular complexity index is 2240. The van der Waals surface area contributed by atoms with Crippen molar-refractivity contribution in [2.75, 3.05) is 476 Å². The average molecular weight is 1790 g/mol. The second kappa shape index (κ2) is 107. The summed E-state index contributed by atoms with van der Waals surface area (Å²) in [6, 6.07) is 5.06. The van der Waals surface area contributed by atoms with Gasteiger partial charge < -0.3 is 175 Å². The van der Waals surface area contributed by atoms with Crippen LogP contribution in [0.4, 0.5) is 10.5 Å². The molecule has 1 aromatic rings. The Labute approximate surface area is 725 Å². The Morgan fingerprint density at radius 2 is 0.341 bits per heavy atom. The van der Waals surface area contributed by atoms with E-state index in [1.54, 1.807) is 0 Å². The molecule has 0 spiro atoms. The molecule has 0 bridgehead atoms. The van der Waals surface area contributed by atoms with Crippen LogP contribution in [0.5, 0.6) is 5.75 Å². The highest BCUT2D eigenvalue weighted by Crippen LogP contribution is 2.18. The van der Waals surface area contributed by atoms with Crippen molar-refractivity contribution in [1.29, 1.82) is 0 Å². The van der Waals surface area contributed by atoms with Gasteiger partial charge in [0.25, 0.3) is 5.69 Å². The van der Waals surface area contributed by atoms with E-state index in [9.17, 15) is 14.9 Å². The molecule has 1 aromatic carbocycles. The fourth-order valence-electron chi connectivity index (χ4n) is 8.67. The van der Waals surface area contributed by atoms with Gasteiger partial charge in [-0.15, -0.1) is 0 Å². The number of carbonyl (C=O) groups excluding carboxylic acids is 1. The van der Waals surface area contributed by atoms with Crippen molar-refractivity contribution in [3.05, 3.63) is 44.8 Å². The number of azide groups is 1. The number of ether oxygens (including phenoxy) is 37. The lowest BCUT2D eigenvalue weighted by Gasteiger charge is -2.09. The second-order valence-electron chi connectivity index (χ2n) is 24.3. The lowest BCUT2D eigenvalue weighted by Crippen LogP contribution is -2.16. The number of rotatable bonds is 110. The molecule has 0 fully saturated rings. The number of hydrogen-bond acceptors (Lipinski definition) is 41. The SMILES string of the molecule is [N-]=[N+]=NCCOCCOCCOCCOCCOCCOCCOCCOCCOCCOCCOCCOCCOCCOCCOCCOCCOCCOCCOCCOCCOCCOCCOCCOCCOCCOCCOCCOCCOCCOCCOCCOCCOCCOCCOCCOC(=O)Oc1ccc([N+](=O)[O-])cc1. The Morgan fingerprint density at radius 1 is 0.220 bits per heavy atom. The normalized spacial score (nSPS) is 11.6. The van der Waals surface area contributed by atoms with Gasteiger partial charge in [-0.25, -0.2) is 4.79 Å². The topological polar surface area (TPSA) is 450 Å². The Balaban J connectivity index is 1.59. The van der Waals surface area contributed by atoms with Gasteiger partial charge in [-0.3, -0.25) is 10.1 Å². The van der Waals surface area contributed by atoms with Crippen LogP contribution in [-0.4, -0.2) is 487 Å². The van der Waals surface area contributed by atoms with Crippen LogP contribution in [-0.2, 0) is 171 Å². The fraction of sp³-hybridized carbons (Fsp3) is 0.911. The third-order valence-corrected chi connectivity index (χ3v) is 14.7. The van der Waals surface area contributed by atoms with Gasteiger partial charge in [-0.2, -0.15) is 0 Å². The summed E-state index contributed by atoms with van der Waals surface area (Å²) in [6.45, 7) is 32.2. The molecule has 0 saturated heterocycles. The average Bonchev–Trinajstić information content (AvgIpc) is 0.890. The third-order valence-electron chi connectivity index (χ3n) is 14.7. The zero-order valence-corrected chi connectivity index (χ0v) is 72.8. The molecule has 0 atom stereocenters. The van der Waals surface area contributed by atoms with Crippen molar-refractivity contribution in [3.8, 4) is 5.75 Å². The predicted molar refractivity (Wildman–Crippen MR) is 438 cm³/mol. The zero-order chi connectivity index (χ0) is 87.6. The van der Waals surface area contributed by atoms with Gasteiger partial charge in [0.2, 0.25) is 0 Å². The molecule has 0 unspecified atom stereocenters. The lowest BCUT2D eigenvalue weighted by molar-refractivity contribution is -0.384. The molecule has 44 heteroatoms. The van der Waals surface area contributed by atoms with Gasteiger partial charge in [0.1, 0.15) is 12.4 Å². The molecule has 0 heterocycles. The summed E-state index contributed by atoms with van der Waals surface area (Å²) in [4.78, 5) is 24.5. The Hall–Kier alpha value is -4.20. The first-order chi connectivity index (χ1) is 61.1. The van der Waals surface area contributed by atoms with E-state index in [2.05, 4.69) is 10.0 Å². The number of non-ortho nitro benzene ring substituents is 1. The summed E-state index contributed by atoms with van der Waals surface area (Å²) in [5, 5.41) is 14.1. The van der Waals surface area contributed by atoms with E-state index in [1.807, 2.05) is 0 Å². The molecule has 0 aliphatic heterocycles. The fourth-order valence-corrected chi connectivity index (χ4v) is 8.67. The van der Waals surface area contributed by atoms with E-state index in [1.165, 1.54) is 24.3 Å². The molecule has 1 rings (SSSR count). The van der Waals surface area contributed by atoms with Gasteiger partial charge in [0, 0.05) is 23.6 Å². The molecular formula is C79H148N4O40. The van der Waals surface area contributed by atoms with Crippen LogP contribution in [0.15, 0.2) is 29.4 Å². The number of nitro benzene ring substituents is 1. The predicted octanol–water partition coefficient (Wildman–Crippen LogP) is 3.00. The summed E-state index contributed by atoms with van der Waals surface area (Å²) in [7, 11) is 0. The Kier molecular flexibility index (Phi) is 101. The first-order valence-corrected chi connectivity index (χ1v) is 42.4. The van der Waals surface area contributed by atoms with Crippen molar-refractivity contribution in [1.82, 2.24) is 0 Å². The summed E-state index contributed by atoms with van der Waals surface area (Å²) < 4.78 is 202. The number of nitro groups is 1. The van der Waals surface area contributed by atoms with Crippen molar-refractivity contribution in [3.63, 3.8) is 0 Å². The molecule has 0 aromatic heterocycles. The highest BCUT2D eigenvalue weighted by atomic mass is 16.7. The van der Waals surface area contributed by atoms with E-state index in [0.717, 1.165) is 0 Å². The number of carbonyl (C=O) groups is 1. The van der Waals surface area contributed by atoms with Crippen LogP contribution in [0, 0.1) is 10.1 Å². The summed E-state index contributed by atoms with van der Waals surface area (Å²) >= 11 is 0. The van der Waals surface area contributed by atoms with Gasteiger partial charge in [-0.1, -0.05) is 5.11 Å². The summed E-state index contributed by atoms with van der Waals surface area (Å²) in [5.41, 5.74) is 8.07. The van der Waals surface area contributed by atoms with Crippen molar-refractivity contribution in [2.24, 2.45) is 5.11 Å². The highest BCUT2D eigenvalue weighted by Gasteiger charge is 2.11. The van der Waals surface area contributed by atoms with Crippen LogP contribution in [0.3, 0.4) is 0 Å². The van der Waals surface area contributed by atoms with Gasteiger partial charge in [-0.05, 0) is 17.7 Å². The largest absolute Gasteiger partial charge is 0.513 e. The summed E-state index contributed by atoms with van der Waals surface area (Å²) in [5.74, 6) is 0.132. The third kappa shape index (κ3) is 101. The first-order valence-electron chi connectivity index (χ1n) is 42.4. The van der Waals surface area contributed by atoms with Crippen LogP contribution >= 0.6 is 0 Å². The standard InChI is InChI=1S/C79H148N4O40/c80-82-81-5-6-87-7-8-88-9-10-89-11-12-90-13-14-91-15-16-92-17-18-93-19-20-94-21-22-95-23-24-96-25-26-97-27-28-98-29-30-99-31-32-100-33-34-101-35-36-102-37-38-103-39-40-104-41-42-105-43-44-106-45-46-107-47-48-108-49-50-109-51-52-110-53-54-111-55-56-112-57-58-113-59-60-114-61-62-115-63-64-116-65-66-117-67-68-118-69-70-119-71-72-120-73-74-121-75-76-122-79(84)123-78-3-1-77(2-4-78)83(85)86/h1-4H,5-76H2. The molecule has 0 radical (unpaired) electrons. The summed E-state index contributed by atoms with van der Waals surface area (Å²) in [6.07, 6.45) is -0.936. The monoisotopic (exact) mass is 1790 g/mol. The maximum absolute atomic E-state index is 11.7. The van der Waals surface area contributed by atoms with E-state index in [-0.39, 0.29) is 24.7 Å². The highest BCUT2D eigenvalue weighted by molar-refractivity contribution is 5.64. The van der Waals surface area contributed by atoms with Gasteiger partial charge in [0.05, 0.1) is 467 Å². The van der Waals surface area contributed by atoms with Crippen LogP contribution in [0.2, 0.25) is 0 Å².